The van der Waals surface area contributed by atoms with Gasteiger partial charge in [-0.25, -0.2) is 0 Å². The fraction of sp³-hybridized carbons (Fsp3) is 0.385. The molecule has 0 saturated heterocycles. The molecule has 1 atom stereocenters. The van der Waals surface area contributed by atoms with Gasteiger partial charge in [0.25, 0.3) is 10.9 Å². The summed E-state index contributed by atoms with van der Waals surface area (Å²) in [6, 6.07) is 5.58. The zero-order chi connectivity index (χ0) is 15.1. The number of nitrogens with one attached hydrogen (secondary N) is 1. The highest BCUT2D eigenvalue weighted by Gasteiger charge is 2.13. The summed E-state index contributed by atoms with van der Waals surface area (Å²) < 4.78 is 0. The van der Waals surface area contributed by atoms with Gasteiger partial charge in [0.2, 0.25) is 0 Å². The molecule has 0 aliphatic heterocycles. The molecule has 0 aliphatic carbocycles. The summed E-state index contributed by atoms with van der Waals surface area (Å²) in [5.41, 5.74) is 0.459. The number of thioether (sulfide) groups is 1. The molecule has 6 nitrogen and oxygen atoms in total. The maximum absolute atomic E-state index is 11.7. The minimum Gasteiger partial charge on any atom is -0.317 e. The number of benzene rings is 1. The Labute approximate surface area is 121 Å². The molecule has 1 unspecified atom stereocenters. The molecular formula is C13H16N2O4S. The Morgan fingerprint density at radius 1 is 1.35 bits per heavy atom. The number of nitro benzene ring substituents is 1. The molecular weight excluding hydrogens is 280 g/mol. The standard InChI is InChI=1S/C13H16N2O4S/c1-3-12(16)9(2)8-20-13(17)14-10-4-6-11(7-5-10)15(18)19/h4-7,9H,3,8H2,1-2H3,(H,14,17). The lowest BCUT2D eigenvalue weighted by molar-refractivity contribution is -0.384. The first-order valence-electron chi connectivity index (χ1n) is 6.15. The second-order valence-corrected chi connectivity index (χ2v) is 5.24. The van der Waals surface area contributed by atoms with Crippen LogP contribution in [0.1, 0.15) is 20.3 Å². The van der Waals surface area contributed by atoms with Crippen LogP contribution in [0, 0.1) is 16.0 Å². The maximum Gasteiger partial charge on any atom is 0.283 e. The van der Waals surface area contributed by atoms with E-state index in [9.17, 15) is 19.7 Å². The van der Waals surface area contributed by atoms with Crippen molar-refractivity contribution in [3.05, 3.63) is 34.4 Å². The van der Waals surface area contributed by atoms with E-state index in [1.807, 2.05) is 0 Å². The highest BCUT2D eigenvalue weighted by molar-refractivity contribution is 8.13. The van der Waals surface area contributed by atoms with Crippen LogP contribution < -0.4 is 5.32 Å². The number of anilines is 1. The van der Waals surface area contributed by atoms with Gasteiger partial charge in [-0.05, 0) is 12.1 Å². The third kappa shape index (κ3) is 5.00. The van der Waals surface area contributed by atoms with Crippen molar-refractivity contribution in [3.63, 3.8) is 0 Å². The van der Waals surface area contributed by atoms with Crippen molar-refractivity contribution in [1.82, 2.24) is 0 Å². The van der Waals surface area contributed by atoms with Crippen LogP contribution >= 0.6 is 11.8 Å². The van der Waals surface area contributed by atoms with E-state index in [0.29, 0.717) is 17.9 Å². The van der Waals surface area contributed by atoms with Gasteiger partial charge in [0, 0.05) is 35.9 Å². The van der Waals surface area contributed by atoms with Gasteiger partial charge in [-0.3, -0.25) is 19.7 Å². The maximum atomic E-state index is 11.7. The first kappa shape index (κ1) is 16.2. The van der Waals surface area contributed by atoms with Gasteiger partial charge in [-0.1, -0.05) is 25.6 Å². The molecule has 0 saturated carbocycles. The smallest absolute Gasteiger partial charge is 0.283 e. The number of ketones is 1. The van der Waals surface area contributed by atoms with E-state index in [4.69, 9.17) is 0 Å². The highest BCUT2D eigenvalue weighted by Crippen LogP contribution is 2.18. The summed E-state index contributed by atoms with van der Waals surface area (Å²) in [6.07, 6.45) is 0.464. The number of carbonyl (C=O) groups excluding carboxylic acids is 2. The number of rotatable bonds is 6. The van der Waals surface area contributed by atoms with Gasteiger partial charge in [-0.15, -0.1) is 0 Å². The molecule has 20 heavy (non-hydrogen) atoms. The second-order valence-electron chi connectivity index (χ2n) is 4.25. The van der Waals surface area contributed by atoms with E-state index in [2.05, 4.69) is 5.32 Å². The van der Waals surface area contributed by atoms with Crippen molar-refractivity contribution >= 4 is 34.2 Å². The number of amides is 1. The second kappa shape index (κ2) is 7.64. The van der Waals surface area contributed by atoms with Gasteiger partial charge in [0.05, 0.1) is 4.92 Å². The molecule has 108 valence electrons. The zero-order valence-corrected chi connectivity index (χ0v) is 12.1. The predicted octanol–water partition coefficient (Wildman–Crippen LogP) is 3.48. The van der Waals surface area contributed by atoms with Crippen molar-refractivity contribution in [1.29, 1.82) is 0 Å². The SMILES string of the molecule is CCC(=O)C(C)CSC(=O)Nc1ccc([N+](=O)[O-])cc1. The molecule has 0 aromatic heterocycles. The fourth-order valence-electron chi connectivity index (χ4n) is 1.46. The molecule has 1 amide bonds. The average Bonchev–Trinajstić information content (AvgIpc) is 2.44. The predicted molar refractivity (Wildman–Crippen MR) is 79.0 cm³/mol. The van der Waals surface area contributed by atoms with Gasteiger partial charge in [0.15, 0.2) is 0 Å². The quantitative estimate of drug-likeness (QED) is 0.641. The monoisotopic (exact) mass is 296 g/mol. The Morgan fingerprint density at radius 2 is 1.95 bits per heavy atom. The van der Waals surface area contributed by atoms with Crippen LogP contribution in [0.25, 0.3) is 0 Å². The van der Waals surface area contributed by atoms with Crippen LogP contribution in [-0.4, -0.2) is 21.7 Å². The van der Waals surface area contributed by atoms with Crippen molar-refractivity contribution in [3.8, 4) is 0 Å². The topological polar surface area (TPSA) is 89.3 Å². The first-order valence-corrected chi connectivity index (χ1v) is 7.13. The lowest BCUT2D eigenvalue weighted by Crippen LogP contribution is -2.15. The fourth-order valence-corrected chi connectivity index (χ4v) is 2.24. The van der Waals surface area contributed by atoms with Crippen LogP contribution in [0.3, 0.4) is 0 Å². The molecule has 1 aromatic carbocycles. The highest BCUT2D eigenvalue weighted by atomic mass is 32.2. The van der Waals surface area contributed by atoms with E-state index < -0.39 is 4.92 Å². The molecule has 1 N–H and O–H groups in total. The lowest BCUT2D eigenvalue weighted by Gasteiger charge is -2.08. The largest absolute Gasteiger partial charge is 0.317 e. The minimum absolute atomic E-state index is 0.0298. The number of nitrogens with zero attached hydrogens (tertiary/aromatic N) is 1. The molecule has 0 radical (unpaired) electrons. The minimum atomic E-state index is -0.502. The average molecular weight is 296 g/mol. The number of carbonyl (C=O) groups is 2. The number of non-ortho nitro benzene ring substituents is 1. The molecule has 0 spiro atoms. The molecule has 0 bridgehead atoms. The normalized spacial score (nSPS) is 11.7. The van der Waals surface area contributed by atoms with Gasteiger partial charge < -0.3 is 5.32 Å². The van der Waals surface area contributed by atoms with Crippen molar-refractivity contribution in [2.45, 2.75) is 20.3 Å². The summed E-state index contributed by atoms with van der Waals surface area (Å²) in [6.45, 7) is 3.58. The summed E-state index contributed by atoms with van der Waals surface area (Å²) in [7, 11) is 0. The van der Waals surface area contributed by atoms with Crippen LogP contribution in [-0.2, 0) is 4.79 Å². The molecule has 1 aromatic rings. The van der Waals surface area contributed by atoms with Crippen LogP contribution in [0.5, 0.6) is 0 Å². The van der Waals surface area contributed by atoms with E-state index in [1.54, 1.807) is 13.8 Å². The Bertz CT molecular complexity index is 502. The van der Waals surface area contributed by atoms with Gasteiger partial charge in [0.1, 0.15) is 5.78 Å². The van der Waals surface area contributed by atoms with Crippen LogP contribution in [0.2, 0.25) is 0 Å². The van der Waals surface area contributed by atoms with Crippen molar-refractivity contribution < 1.29 is 14.5 Å². The Balaban J connectivity index is 2.46. The van der Waals surface area contributed by atoms with Gasteiger partial charge >= 0.3 is 0 Å². The summed E-state index contributed by atoms with van der Waals surface area (Å²) in [5, 5.41) is 12.8. The number of hydrogen-bond donors (Lipinski definition) is 1. The summed E-state index contributed by atoms with van der Waals surface area (Å²) in [4.78, 5) is 33.0. The third-order valence-electron chi connectivity index (χ3n) is 2.69. The van der Waals surface area contributed by atoms with Crippen molar-refractivity contribution in [2.24, 2.45) is 5.92 Å². The molecule has 0 fully saturated rings. The van der Waals surface area contributed by atoms with E-state index in [-0.39, 0.29) is 22.6 Å². The number of hydrogen-bond acceptors (Lipinski definition) is 5. The Morgan fingerprint density at radius 3 is 2.45 bits per heavy atom. The zero-order valence-electron chi connectivity index (χ0n) is 11.3. The molecule has 7 heteroatoms. The van der Waals surface area contributed by atoms with Crippen LogP contribution in [0.15, 0.2) is 24.3 Å². The summed E-state index contributed by atoms with van der Waals surface area (Å²) >= 11 is 1.03. The van der Waals surface area contributed by atoms with E-state index >= 15 is 0 Å². The van der Waals surface area contributed by atoms with Gasteiger partial charge in [-0.2, -0.15) is 0 Å². The third-order valence-corrected chi connectivity index (χ3v) is 3.72. The molecule has 0 aliphatic rings. The first-order chi connectivity index (χ1) is 9.43. The Hall–Kier alpha value is -1.89. The number of nitro groups is 1. The van der Waals surface area contributed by atoms with E-state index in [0.717, 1.165) is 11.8 Å². The lowest BCUT2D eigenvalue weighted by atomic mass is 10.1. The Kier molecular flexibility index (Phi) is 6.17. The van der Waals surface area contributed by atoms with Crippen LogP contribution in [0.4, 0.5) is 16.2 Å². The van der Waals surface area contributed by atoms with E-state index in [1.165, 1.54) is 24.3 Å². The van der Waals surface area contributed by atoms with Crippen molar-refractivity contribution in [2.75, 3.05) is 11.1 Å². The molecule has 0 heterocycles. The summed E-state index contributed by atoms with van der Waals surface area (Å²) in [5.74, 6) is 0.388. The molecule has 1 rings (SSSR count). The number of Topliss-reactive ketones (excluding diaryl/α,β-unsaturated/α-hetero) is 1.